The zero-order valence-corrected chi connectivity index (χ0v) is 41.6. The van der Waals surface area contributed by atoms with Crippen molar-refractivity contribution in [1.82, 2.24) is 0 Å². The minimum atomic E-state index is 0.369. The van der Waals surface area contributed by atoms with Gasteiger partial charge in [-0.1, -0.05) is 200 Å². The first-order valence-corrected chi connectivity index (χ1v) is 24.4. The van der Waals surface area contributed by atoms with E-state index in [4.69, 9.17) is 0 Å². The van der Waals surface area contributed by atoms with Gasteiger partial charge in [-0.2, -0.15) is 0 Å². The van der Waals surface area contributed by atoms with Gasteiger partial charge in [-0.15, -0.1) is 0 Å². The number of benzene rings is 8. The maximum absolute atomic E-state index is 2.61. The average molecular weight is 841 g/mol. The molecule has 0 bridgehead atoms. The van der Waals surface area contributed by atoms with Crippen LogP contribution in [0.3, 0.4) is 0 Å². The van der Waals surface area contributed by atoms with E-state index in [1.165, 1.54) is 121 Å². The van der Waals surface area contributed by atoms with Crippen LogP contribution in [0.2, 0.25) is 0 Å². The molecule has 64 heavy (non-hydrogen) atoms. The quantitative estimate of drug-likeness (QED) is 0.114. The second kappa shape index (κ2) is 17.8. The summed E-state index contributed by atoms with van der Waals surface area (Å²) in [5.74, 6) is 2.89. The highest BCUT2D eigenvalue weighted by Gasteiger charge is 2.28. The summed E-state index contributed by atoms with van der Waals surface area (Å²) in [5.41, 5.74) is 21.5. The molecule has 0 N–H and O–H groups in total. The van der Waals surface area contributed by atoms with E-state index >= 15 is 0 Å². The van der Waals surface area contributed by atoms with Crippen molar-refractivity contribution < 1.29 is 0 Å². The molecule has 8 aromatic carbocycles. The highest BCUT2D eigenvalue weighted by atomic mass is 14.3. The number of rotatable bonds is 11. The van der Waals surface area contributed by atoms with Gasteiger partial charge in [0, 0.05) is 0 Å². The molecule has 0 aliphatic carbocycles. The van der Waals surface area contributed by atoms with Crippen molar-refractivity contribution in [2.24, 2.45) is 0 Å². The van der Waals surface area contributed by atoms with Crippen LogP contribution in [-0.4, -0.2) is 0 Å². The monoisotopic (exact) mass is 841 g/mol. The van der Waals surface area contributed by atoms with Crippen molar-refractivity contribution in [2.75, 3.05) is 0 Å². The van der Waals surface area contributed by atoms with E-state index < -0.39 is 0 Å². The minimum absolute atomic E-state index is 0.369. The van der Waals surface area contributed by atoms with Crippen molar-refractivity contribution in [3.8, 4) is 44.5 Å². The lowest BCUT2D eigenvalue weighted by molar-refractivity contribution is 0.793. The fraction of sp³-hybridized carbons (Fsp3) is 0.344. The SMILES string of the molecule is Cc1cc2c(-c3ccc(C(C)C)cc3)c3c(-c4ccc(C(C)C)cc4)c4cc(C(C)C)c(C(C)C)cc4c(-c4ccc(C(C)C)cc4)c3c(-c3ccc(C(C)C)cc3)c2cc1C(C)C. The standard InChI is InChI=1S/C64H72/c1-36(2)44-16-24-48(25-17-44)59-55-32-43(15)52(40(9)10)33-56(55)60(49-26-18-45(19-27-49)37(3)4)64-62(51-30-22-47(23-31-51)39(7)8)58-35-54(42(13)14)53(41(11)12)34-57(58)61(63(59)64)50-28-20-46(21-29-50)38(5)6/h16-42H,1-15H3. The van der Waals surface area contributed by atoms with Gasteiger partial charge in [0.25, 0.3) is 0 Å². The summed E-state index contributed by atoms with van der Waals surface area (Å²) in [6, 6.07) is 48.7. The van der Waals surface area contributed by atoms with Crippen LogP contribution in [0.15, 0.2) is 121 Å². The van der Waals surface area contributed by atoms with E-state index in [0.29, 0.717) is 41.4 Å². The van der Waals surface area contributed by atoms with Crippen molar-refractivity contribution in [3.63, 3.8) is 0 Å². The summed E-state index contributed by atoms with van der Waals surface area (Å²) in [6.45, 7) is 35.0. The van der Waals surface area contributed by atoms with Crippen LogP contribution in [-0.2, 0) is 0 Å². The van der Waals surface area contributed by atoms with Crippen LogP contribution < -0.4 is 0 Å². The molecule has 0 radical (unpaired) electrons. The molecule has 0 heterocycles. The molecule has 0 spiro atoms. The fourth-order valence-corrected chi connectivity index (χ4v) is 10.4. The van der Waals surface area contributed by atoms with Gasteiger partial charge in [0.05, 0.1) is 0 Å². The number of hydrogen-bond donors (Lipinski definition) is 0. The van der Waals surface area contributed by atoms with E-state index in [1.54, 1.807) is 0 Å². The van der Waals surface area contributed by atoms with Gasteiger partial charge in [-0.05, 0) is 188 Å². The van der Waals surface area contributed by atoms with Crippen LogP contribution in [0.1, 0.15) is 183 Å². The van der Waals surface area contributed by atoms with Gasteiger partial charge in [0.15, 0.2) is 0 Å². The Morgan fingerprint density at radius 3 is 0.688 bits per heavy atom. The lowest BCUT2D eigenvalue weighted by atomic mass is 9.75. The molecular formula is C64H72. The molecule has 328 valence electrons. The van der Waals surface area contributed by atoms with E-state index in [1.807, 2.05) is 0 Å². The normalized spacial score (nSPS) is 12.3. The smallest absolute Gasteiger partial charge is 0.000139 e. The summed E-state index contributed by atoms with van der Waals surface area (Å²) in [5, 5.41) is 7.98. The predicted molar refractivity (Wildman–Crippen MR) is 284 cm³/mol. The Bertz CT molecular complexity index is 2960. The van der Waals surface area contributed by atoms with Gasteiger partial charge >= 0.3 is 0 Å². The number of fused-ring (bicyclic) bond motifs is 3. The van der Waals surface area contributed by atoms with Crippen molar-refractivity contribution in [3.05, 3.63) is 166 Å². The second-order valence-corrected chi connectivity index (χ2v) is 21.1. The zero-order chi connectivity index (χ0) is 45.9. The highest BCUT2D eigenvalue weighted by Crippen LogP contribution is 2.55. The molecule has 0 saturated heterocycles. The van der Waals surface area contributed by atoms with Crippen molar-refractivity contribution in [2.45, 2.75) is 145 Å². The lowest BCUT2D eigenvalue weighted by Crippen LogP contribution is -2.03. The average Bonchev–Trinajstić information content (AvgIpc) is 3.26. The first kappa shape index (κ1) is 45.1. The lowest BCUT2D eigenvalue weighted by Gasteiger charge is -2.28. The van der Waals surface area contributed by atoms with Crippen LogP contribution in [0.25, 0.3) is 76.8 Å². The minimum Gasteiger partial charge on any atom is -0.0587 e. The number of aryl methyl sites for hydroxylation is 1. The van der Waals surface area contributed by atoms with Crippen LogP contribution in [0.4, 0.5) is 0 Å². The van der Waals surface area contributed by atoms with E-state index in [-0.39, 0.29) is 0 Å². The molecule has 0 fully saturated rings. The topological polar surface area (TPSA) is 0 Å². The Morgan fingerprint density at radius 2 is 0.469 bits per heavy atom. The summed E-state index contributed by atoms with van der Waals surface area (Å²) in [7, 11) is 0. The first-order valence-electron chi connectivity index (χ1n) is 24.4. The molecule has 0 aliphatic rings. The molecule has 0 heteroatoms. The zero-order valence-electron chi connectivity index (χ0n) is 41.6. The third kappa shape index (κ3) is 8.12. The van der Waals surface area contributed by atoms with E-state index in [9.17, 15) is 0 Å². The van der Waals surface area contributed by atoms with Gasteiger partial charge in [0.2, 0.25) is 0 Å². The molecule has 0 saturated carbocycles. The summed E-state index contributed by atoms with van der Waals surface area (Å²) < 4.78 is 0. The Hall–Kier alpha value is -5.46. The summed E-state index contributed by atoms with van der Waals surface area (Å²) in [6.07, 6.45) is 0. The van der Waals surface area contributed by atoms with Crippen LogP contribution >= 0.6 is 0 Å². The highest BCUT2D eigenvalue weighted by molar-refractivity contribution is 6.34. The van der Waals surface area contributed by atoms with E-state index in [2.05, 4.69) is 225 Å². The van der Waals surface area contributed by atoms with Gasteiger partial charge in [-0.25, -0.2) is 0 Å². The number of hydrogen-bond acceptors (Lipinski definition) is 0. The van der Waals surface area contributed by atoms with Gasteiger partial charge in [0.1, 0.15) is 0 Å². The molecule has 0 aromatic heterocycles. The predicted octanol–water partition coefficient (Wildman–Crippen LogP) is 20.0. The Morgan fingerprint density at radius 1 is 0.250 bits per heavy atom. The fourth-order valence-electron chi connectivity index (χ4n) is 10.4. The Labute approximate surface area is 386 Å². The molecule has 0 amide bonds. The van der Waals surface area contributed by atoms with Gasteiger partial charge < -0.3 is 0 Å². The van der Waals surface area contributed by atoms with Crippen LogP contribution in [0, 0.1) is 6.92 Å². The van der Waals surface area contributed by atoms with Crippen LogP contribution in [0.5, 0.6) is 0 Å². The molecule has 0 atom stereocenters. The second-order valence-electron chi connectivity index (χ2n) is 21.1. The molecule has 0 nitrogen and oxygen atoms in total. The maximum Gasteiger partial charge on any atom is -0.000139 e. The Kier molecular flexibility index (Phi) is 12.6. The Balaban J connectivity index is 1.77. The maximum atomic E-state index is 2.61. The molecular weight excluding hydrogens is 769 g/mol. The largest absolute Gasteiger partial charge is 0.0587 e. The molecule has 8 rings (SSSR count). The van der Waals surface area contributed by atoms with Gasteiger partial charge in [-0.3, -0.25) is 0 Å². The molecule has 8 aromatic rings. The van der Waals surface area contributed by atoms with Crippen molar-refractivity contribution >= 4 is 32.3 Å². The third-order valence-electron chi connectivity index (χ3n) is 14.3. The molecule has 0 aliphatic heterocycles. The van der Waals surface area contributed by atoms with E-state index in [0.717, 1.165) is 0 Å². The summed E-state index contributed by atoms with van der Waals surface area (Å²) >= 11 is 0. The third-order valence-corrected chi connectivity index (χ3v) is 14.3. The van der Waals surface area contributed by atoms with Crippen molar-refractivity contribution in [1.29, 1.82) is 0 Å². The summed E-state index contributed by atoms with van der Waals surface area (Å²) in [4.78, 5) is 0. The molecule has 0 unspecified atom stereocenters. The first-order chi connectivity index (χ1) is 30.5.